The van der Waals surface area contributed by atoms with Crippen LogP contribution >= 0.6 is 0 Å². The van der Waals surface area contributed by atoms with Gasteiger partial charge in [-0.3, -0.25) is 10.1 Å². The Hall–Kier alpha value is -4.19. The maximum absolute atomic E-state index is 11.0. The van der Waals surface area contributed by atoms with E-state index >= 15 is 0 Å². The lowest BCUT2D eigenvalue weighted by molar-refractivity contribution is -0.384. The number of hydrogen-bond acceptors (Lipinski definition) is 5. The monoisotopic (exact) mass is 452 g/mol. The van der Waals surface area contributed by atoms with Crippen LogP contribution in [0.4, 0.5) is 5.69 Å². The van der Waals surface area contributed by atoms with Crippen molar-refractivity contribution in [1.82, 2.24) is 4.98 Å². The topological polar surface area (TPSA) is 74.5 Å². The molecule has 0 bridgehead atoms. The highest BCUT2D eigenvalue weighted by atomic mass is 16.6. The van der Waals surface area contributed by atoms with Crippen LogP contribution in [-0.2, 0) is 11.3 Å². The van der Waals surface area contributed by atoms with Gasteiger partial charge in [0, 0.05) is 35.1 Å². The Morgan fingerprint density at radius 2 is 1.65 bits per heavy atom. The van der Waals surface area contributed by atoms with E-state index in [0.717, 1.165) is 51.2 Å². The molecule has 0 N–H and O–H groups in total. The van der Waals surface area contributed by atoms with Crippen LogP contribution in [0.3, 0.4) is 0 Å². The Bertz CT molecular complexity index is 1390. The van der Waals surface area contributed by atoms with Crippen molar-refractivity contribution < 1.29 is 14.4 Å². The minimum Gasteiger partial charge on any atom is -0.487 e. The number of aromatic nitrogens is 1. The zero-order valence-corrected chi connectivity index (χ0v) is 19.0. The summed E-state index contributed by atoms with van der Waals surface area (Å²) in [6.07, 6.45) is 0.737. The summed E-state index contributed by atoms with van der Waals surface area (Å²) >= 11 is 0. The van der Waals surface area contributed by atoms with Crippen LogP contribution in [-0.4, -0.2) is 15.5 Å². The first kappa shape index (κ1) is 21.6. The standard InChI is InChI=1S/C28H24N2O4/c1-28(2)17-25(27(34-28)21-8-13-23(14-9-21)30(31)32)19-10-15-24(16-11-19)33-18-22-12-7-20-5-3-4-6-26(20)29-22/h3-16H,17-18H2,1-2H3. The summed E-state index contributed by atoms with van der Waals surface area (Å²) in [6.45, 7) is 4.47. The van der Waals surface area contributed by atoms with Crippen LogP contribution in [0.1, 0.15) is 37.1 Å². The fraction of sp³-hybridized carbons (Fsp3) is 0.179. The highest BCUT2D eigenvalue weighted by Crippen LogP contribution is 2.44. The molecular weight excluding hydrogens is 428 g/mol. The molecule has 0 saturated carbocycles. The number of fused-ring (bicyclic) bond motifs is 1. The Morgan fingerprint density at radius 1 is 0.941 bits per heavy atom. The number of para-hydroxylation sites is 1. The first-order valence-electron chi connectivity index (χ1n) is 11.1. The SMILES string of the molecule is CC1(C)CC(c2ccc(OCc3ccc4ccccc4n3)cc2)=C(c2ccc([N+](=O)[O-])cc2)O1. The molecule has 0 unspecified atom stereocenters. The molecule has 1 aliphatic heterocycles. The predicted octanol–water partition coefficient (Wildman–Crippen LogP) is 6.79. The Morgan fingerprint density at radius 3 is 2.38 bits per heavy atom. The summed E-state index contributed by atoms with van der Waals surface area (Å²) in [4.78, 5) is 15.3. The van der Waals surface area contributed by atoms with Crippen LogP contribution in [0.5, 0.6) is 5.75 Å². The molecule has 2 heterocycles. The number of benzene rings is 3. The number of nitro groups is 1. The zero-order chi connectivity index (χ0) is 23.7. The van der Waals surface area contributed by atoms with Crippen LogP contribution in [0.2, 0.25) is 0 Å². The summed E-state index contributed by atoms with van der Waals surface area (Å²) in [6, 6.07) is 26.5. The molecule has 0 radical (unpaired) electrons. The molecule has 0 atom stereocenters. The van der Waals surface area contributed by atoms with Gasteiger partial charge in [-0.15, -0.1) is 0 Å². The fourth-order valence-electron chi connectivity index (χ4n) is 4.18. The maximum atomic E-state index is 11.0. The molecule has 1 aliphatic rings. The highest BCUT2D eigenvalue weighted by molar-refractivity contribution is 5.90. The van der Waals surface area contributed by atoms with Gasteiger partial charge in [-0.1, -0.05) is 36.4 Å². The van der Waals surface area contributed by atoms with Gasteiger partial charge < -0.3 is 9.47 Å². The second-order valence-corrected chi connectivity index (χ2v) is 8.96. The molecule has 0 fully saturated rings. The smallest absolute Gasteiger partial charge is 0.269 e. The highest BCUT2D eigenvalue weighted by Gasteiger charge is 2.33. The van der Waals surface area contributed by atoms with Crippen molar-refractivity contribution in [3.63, 3.8) is 0 Å². The number of nitrogens with zero attached hydrogens (tertiary/aromatic N) is 2. The molecular formula is C28H24N2O4. The number of nitro benzene ring substituents is 1. The third-order valence-electron chi connectivity index (χ3n) is 5.84. The molecule has 0 spiro atoms. The normalized spacial score (nSPS) is 14.8. The lowest BCUT2D eigenvalue weighted by Gasteiger charge is -2.19. The van der Waals surface area contributed by atoms with E-state index in [0.29, 0.717) is 6.61 Å². The molecule has 6 heteroatoms. The third-order valence-corrected chi connectivity index (χ3v) is 5.84. The van der Waals surface area contributed by atoms with Crippen LogP contribution in [0.15, 0.2) is 84.9 Å². The number of hydrogen-bond donors (Lipinski definition) is 0. The first-order chi connectivity index (χ1) is 16.4. The minimum absolute atomic E-state index is 0.0607. The molecule has 0 aliphatic carbocycles. The second-order valence-electron chi connectivity index (χ2n) is 8.96. The third kappa shape index (κ3) is 4.48. The molecule has 34 heavy (non-hydrogen) atoms. The van der Waals surface area contributed by atoms with Gasteiger partial charge in [0.1, 0.15) is 23.7 Å². The molecule has 4 aromatic rings. The molecule has 6 nitrogen and oxygen atoms in total. The predicted molar refractivity (Wildman–Crippen MR) is 132 cm³/mol. The summed E-state index contributed by atoms with van der Waals surface area (Å²) < 4.78 is 12.2. The van der Waals surface area contributed by atoms with Gasteiger partial charge in [0.05, 0.1) is 16.1 Å². The van der Waals surface area contributed by atoms with Crippen LogP contribution in [0, 0.1) is 10.1 Å². The Kier molecular flexibility index (Phi) is 5.49. The van der Waals surface area contributed by atoms with Gasteiger partial charge in [-0.25, -0.2) is 4.98 Å². The number of ether oxygens (including phenoxy) is 2. The van der Waals surface area contributed by atoms with Gasteiger partial charge in [-0.2, -0.15) is 0 Å². The van der Waals surface area contributed by atoms with Crippen molar-refractivity contribution in [2.24, 2.45) is 0 Å². The van der Waals surface area contributed by atoms with Crippen molar-refractivity contribution in [1.29, 1.82) is 0 Å². The van der Waals surface area contributed by atoms with E-state index in [1.54, 1.807) is 12.1 Å². The Labute approximate surface area is 197 Å². The average molecular weight is 453 g/mol. The summed E-state index contributed by atoms with van der Waals surface area (Å²) in [5.74, 6) is 1.52. The maximum Gasteiger partial charge on any atom is 0.269 e. The quantitative estimate of drug-likeness (QED) is 0.238. The lowest BCUT2D eigenvalue weighted by atomic mass is 9.94. The van der Waals surface area contributed by atoms with Gasteiger partial charge in [0.15, 0.2) is 0 Å². The average Bonchev–Trinajstić information content (AvgIpc) is 3.18. The molecule has 5 rings (SSSR count). The van der Waals surface area contributed by atoms with Crippen molar-refractivity contribution in [2.75, 3.05) is 0 Å². The van der Waals surface area contributed by atoms with Gasteiger partial charge >= 0.3 is 0 Å². The van der Waals surface area contributed by atoms with E-state index in [-0.39, 0.29) is 11.3 Å². The van der Waals surface area contributed by atoms with E-state index in [9.17, 15) is 10.1 Å². The molecule has 170 valence electrons. The zero-order valence-electron chi connectivity index (χ0n) is 19.0. The van der Waals surface area contributed by atoms with Gasteiger partial charge in [0.2, 0.25) is 0 Å². The van der Waals surface area contributed by atoms with Crippen molar-refractivity contribution in [2.45, 2.75) is 32.5 Å². The number of rotatable bonds is 6. The summed E-state index contributed by atoms with van der Waals surface area (Å²) in [5.41, 5.74) is 4.46. The number of pyridine rings is 1. The summed E-state index contributed by atoms with van der Waals surface area (Å²) in [5, 5.41) is 12.1. The summed E-state index contributed by atoms with van der Waals surface area (Å²) in [7, 11) is 0. The van der Waals surface area contributed by atoms with E-state index < -0.39 is 4.92 Å². The largest absolute Gasteiger partial charge is 0.487 e. The molecule has 1 aromatic heterocycles. The van der Waals surface area contributed by atoms with Gasteiger partial charge in [-0.05, 0) is 55.8 Å². The van der Waals surface area contributed by atoms with E-state index in [2.05, 4.69) is 11.1 Å². The van der Waals surface area contributed by atoms with Crippen molar-refractivity contribution in [3.05, 3.63) is 112 Å². The fourth-order valence-corrected chi connectivity index (χ4v) is 4.18. The minimum atomic E-state index is -0.398. The molecule has 0 saturated heterocycles. The van der Waals surface area contributed by atoms with E-state index in [1.807, 2.05) is 68.4 Å². The Balaban J connectivity index is 1.35. The van der Waals surface area contributed by atoms with Crippen molar-refractivity contribution >= 4 is 27.9 Å². The number of non-ortho nitro benzene ring substituents is 1. The molecule has 0 amide bonds. The van der Waals surface area contributed by atoms with Crippen LogP contribution < -0.4 is 4.74 Å². The van der Waals surface area contributed by atoms with Crippen molar-refractivity contribution in [3.8, 4) is 5.75 Å². The lowest BCUT2D eigenvalue weighted by Crippen LogP contribution is -2.17. The molecule has 3 aromatic carbocycles. The first-order valence-corrected chi connectivity index (χ1v) is 11.1. The van der Waals surface area contributed by atoms with Gasteiger partial charge in [0.25, 0.3) is 5.69 Å². The van der Waals surface area contributed by atoms with Crippen LogP contribution in [0.25, 0.3) is 22.2 Å². The van der Waals surface area contributed by atoms with E-state index in [1.165, 1.54) is 12.1 Å². The second kappa shape index (κ2) is 8.63. The van der Waals surface area contributed by atoms with E-state index in [4.69, 9.17) is 9.47 Å².